The summed E-state index contributed by atoms with van der Waals surface area (Å²) < 4.78 is 10.3. The van der Waals surface area contributed by atoms with Gasteiger partial charge in [-0.25, -0.2) is 4.79 Å². The standard InChI is InChI=1S/C13H19NO4/c1-9-12(13(16)17-2)7-11(18-9)8-14-5-3-10(15)4-6-14/h7,10,15H,3-6,8H2,1-2H3. The lowest BCUT2D eigenvalue weighted by atomic mass is 10.1. The zero-order chi connectivity index (χ0) is 13.1. The van der Waals surface area contributed by atoms with Crippen LogP contribution in [0.1, 0.15) is 34.7 Å². The number of esters is 1. The Morgan fingerprint density at radius 3 is 2.83 bits per heavy atom. The monoisotopic (exact) mass is 253 g/mol. The van der Waals surface area contributed by atoms with Crippen molar-refractivity contribution in [2.75, 3.05) is 20.2 Å². The number of likely N-dealkylation sites (tertiary alicyclic amines) is 1. The molecule has 0 aromatic carbocycles. The molecule has 1 aromatic heterocycles. The van der Waals surface area contributed by atoms with E-state index >= 15 is 0 Å². The summed E-state index contributed by atoms with van der Waals surface area (Å²) in [4.78, 5) is 13.7. The van der Waals surface area contributed by atoms with E-state index in [0.717, 1.165) is 31.7 Å². The molecule has 1 aromatic rings. The number of furan rings is 1. The van der Waals surface area contributed by atoms with Gasteiger partial charge in [0.25, 0.3) is 0 Å². The number of rotatable bonds is 3. The molecule has 1 N–H and O–H groups in total. The second-order valence-corrected chi connectivity index (χ2v) is 4.68. The Morgan fingerprint density at radius 2 is 2.22 bits per heavy atom. The molecule has 2 rings (SSSR count). The molecule has 1 fully saturated rings. The van der Waals surface area contributed by atoms with Crippen LogP contribution in [-0.4, -0.2) is 42.3 Å². The van der Waals surface area contributed by atoms with E-state index in [-0.39, 0.29) is 12.1 Å². The molecular formula is C13H19NO4. The number of hydrogen-bond donors (Lipinski definition) is 1. The second kappa shape index (κ2) is 5.54. The maximum Gasteiger partial charge on any atom is 0.341 e. The summed E-state index contributed by atoms with van der Waals surface area (Å²) in [6, 6.07) is 1.74. The predicted molar refractivity (Wildman–Crippen MR) is 65.3 cm³/mol. The van der Waals surface area contributed by atoms with Crippen LogP contribution in [0.3, 0.4) is 0 Å². The van der Waals surface area contributed by atoms with Crippen LogP contribution in [0.2, 0.25) is 0 Å². The summed E-state index contributed by atoms with van der Waals surface area (Å²) >= 11 is 0. The Balaban J connectivity index is 2.00. The Bertz CT molecular complexity index is 419. The van der Waals surface area contributed by atoms with Crippen LogP contribution in [0.5, 0.6) is 0 Å². The number of aryl methyl sites for hydroxylation is 1. The first-order chi connectivity index (χ1) is 8.60. The van der Waals surface area contributed by atoms with E-state index in [4.69, 9.17) is 4.42 Å². The normalized spacial score (nSPS) is 17.9. The Labute approximate surface area is 106 Å². The van der Waals surface area contributed by atoms with Crippen molar-refractivity contribution in [3.05, 3.63) is 23.2 Å². The van der Waals surface area contributed by atoms with Crippen molar-refractivity contribution in [2.45, 2.75) is 32.4 Å². The van der Waals surface area contributed by atoms with Crippen molar-refractivity contribution in [3.63, 3.8) is 0 Å². The molecule has 0 spiro atoms. The summed E-state index contributed by atoms with van der Waals surface area (Å²) in [5.41, 5.74) is 0.490. The van der Waals surface area contributed by atoms with Gasteiger partial charge in [0.05, 0.1) is 19.8 Å². The lowest BCUT2D eigenvalue weighted by Gasteiger charge is -2.28. The quantitative estimate of drug-likeness (QED) is 0.823. The van der Waals surface area contributed by atoms with Gasteiger partial charge in [-0.15, -0.1) is 0 Å². The third-order valence-corrected chi connectivity index (χ3v) is 3.31. The molecule has 0 bridgehead atoms. The maximum atomic E-state index is 11.5. The highest BCUT2D eigenvalue weighted by atomic mass is 16.5. The maximum absolute atomic E-state index is 11.5. The van der Waals surface area contributed by atoms with Gasteiger partial charge < -0.3 is 14.3 Å². The lowest BCUT2D eigenvalue weighted by molar-refractivity contribution is 0.0598. The van der Waals surface area contributed by atoms with Crippen molar-refractivity contribution in [1.29, 1.82) is 0 Å². The van der Waals surface area contributed by atoms with Gasteiger partial charge in [-0.3, -0.25) is 4.90 Å². The molecule has 100 valence electrons. The Morgan fingerprint density at radius 1 is 1.56 bits per heavy atom. The molecule has 1 saturated heterocycles. The van der Waals surface area contributed by atoms with Gasteiger partial charge in [-0.05, 0) is 25.8 Å². The van der Waals surface area contributed by atoms with Crippen LogP contribution in [-0.2, 0) is 11.3 Å². The number of aliphatic hydroxyl groups excluding tert-OH is 1. The van der Waals surface area contributed by atoms with E-state index in [1.165, 1.54) is 7.11 Å². The fraction of sp³-hybridized carbons (Fsp3) is 0.615. The fourth-order valence-corrected chi connectivity index (χ4v) is 2.23. The highest BCUT2D eigenvalue weighted by Gasteiger charge is 2.20. The molecule has 5 heteroatoms. The second-order valence-electron chi connectivity index (χ2n) is 4.68. The molecule has 0 unspecified atom stereocenters. The number of hydrogen-bond acceptors (Lipinski definition) is 5. The Kier molecular flexibility index (Phi) is 4.04. The van der Waals surface area contributed by atoms with Crippen molar-refractivity contribution < 1.29 is 19.1 Å². The minimum atomic E-state index is -0.364. The minimum Gasteiger partial charge on any atom is -0.465 e. The number of piperidine rings is 1. The molecule has 0 atom stereocenters. The predicted octanol–water partition coefficient (Wildman–Crippen LogP) is 1.33. The van der Waals surface area contributed by atoms with Crippen molar-refractivity contribution >= 4 is 5.97 Å². The molecule has 0 saturated carbocycles. The van der Waals surface area contributed by atoms with Crippen LogP contribution in [0.4, 0.5) is 0 Å². The number of carbonyl (C=O) groups excluding carboxylic acids is 1. The van der Waals surface area contributed by atoms with Crippen LogP contribution in [0.15, 0.2) is 10.5 Å². The van der Waals surface area contributed by atoms with Crippen LogP contribution in [0, 0.1) is 6.92 Å². The highest BCUT2D eigenvalue weighted by Crippen LogP contribution is 2.19. The zero-order valence-corrected chi connectivity index (χ0v) is 10.8. The van der Waals surface area contributed by atoms with E-state index in [2.05, 4.69) is 9.64 Å². The molecule has 1 aliphatic heterocycles. The van der Waals surface area contributed by atoms with Crippen LogP contribution < -0.4 is 0 Å². The van der Waals surface area contributed by atoms with Gasteiger partial charge in [-0.2, -0.15) is 0 Å². The molecule has 1 aliphatic rings. The summed E-state index contributed by atoms with van der Waals surface area (Å²) in [6.07, 6.45) is 1.41. The van der Waals surface area contributed by atoms with Gasteiger partial charge >= 0.3 is 5.97 Å². The van der Waals surface area contributed by atoms with Gasteiger partial charge in [0, 0.05) is 13.1 Å². The first-order valence-corrected chi connectivity index (χ1v) is 6.18. The summed E-state index contributed by atoms with van der Waals surface area (Å²) in [6.45, 7) is 4.14. The zero-order valence-electron chi connectivity index (χ0n) is 10.8. The molecular weight excluding hydrogens is 234 g/mol. The SMILES string of the molecule is COC(=O)c1cc(CN2CCC(O)CC2)oc1C. The largest absolute Gasteiger partial charge is 0.465 e. The van der Waals surface area contributed by atoms with Gasteiger partial charge in [0.1, 0.15) is 17.1 Å². The minimum absolute atomic E-state index is 0.176. The van der Waals surface area contributed by atoms with E-state index in [9.17, 15) is 9.90 Å². The fourth-order valence-electron chi connectivity index (χ4n) is 2.23. The number of aliphatic hydroxyl groups is 1. The van der Waals surface area contributed by atoms with Crippen molar-refractivity contribution in [3.8, 4) is 0 Å². The average molecular weight is 253 g/mol. The van der Waals surface area contributed by atoms with Gasteiger partial charge in [0.2, 0.25) is 0 Å². The van der Waals surface area contributed by atoms with Crippen molar-refractivity contribution in [1.82, 2.24) is 4.90 Å². The Hall–Kier alpha value is -1.33. The molecule has 0 amide bonds. The molecule has 0 radical (unpaired) electrons. The molecule has 0 aliphatic carbocycles. The number of nitrogens with zero attached hydrogens (tertiary/aromatic N) is 1. The van der Waals surface area contributed by atoms with E-state index in [1.807, 2.05) is 0 Å². The molecule has 18 heavy (non-hydrogen) atoms. The number of carbonyl (C=O) groups is 1. The van der Waals surface area contributed by atoms with E-state index in [1.54, 1.807) is 13.0 Å². The van der Waals surface area contributed by atoms with Crippen LogP contribution in [0.25, 0.3) is 0 Å². The summed E-state index contributed by atoms with van der Waals surface area (Å²) in [5, 5.41) is 9.43. The summed E-state index contributed by atoms with van der Waals surface area (Å²) in [7, 11) is 1.36. The van der Waals surface area contributed by atoms with Crippen LogP contribution >= 0.6 is 0 Å². The third kappa shape index (κ3) is 2.91. The summed E-state index contributed by atoms with van der Waals surface area (Å²) in [5.74, 6) is 0.995. The first-order valence-electron chi connectivity index (χ1n) is 6.18. The topological polar surface area (TPSA) is 62.9 Å². The highest BCUT2D eigenvalue weighted by molar-refractivity contribution is 5.90. The molecule has 2 heterocycles. The number of methoxy groups -OCH3 is 1. The lowest BCUT2D eigenvalue weighted by Crippen LogP contribution is -2.35. The smallest absolute Gasteiger partial charge is 0.341 e. The number of ether oxygens (including phenoxy) is 1. The van der Waals surface area contributed by atoms with Gasteiger partial charge in [0.15, 0.2) is 0 Å². The van der Waals surface area contributed by atoms with Gasteiger partial charge in [-0.1, -0.05) is 0 Å². The average Bonchev–Trinajstić information content (AvgIpc) is 2.72. The van der Waals surface area contributed by atoms with E-state index < -0.39 is 0 Å². The third-order valence-electron chi connectivity index (χ3n) is 3.31. The molecule has 5 nitrogen and oxygen atoms in total. The first kappa shape index (κ1) is 13.1. The van der Waals surface area contributed by atoms with Crippen molar-refractivity contribution in [2.24, 2.45) is 0 Å². The van der Waals surface area contributed by atoms with E-state index in [0.29, 0.717) is 17.9 Å².